The van der Waals surface area contributed by atoms with Crippen molar-refractivity contribution in [1.29, 1.82) is 0 Å². The standard InChI is InChI=1S/C14H10BrClN4S/c15-11-5-7-12(8-6-11)20-14(17-18-19-20)21-9-10-3-1-2-4-13(10)16/h1-8H,9H2. The van der Waals surface area contributed by atoms with E-state index >= 15 is 0 Å². The molecule has 0 N–H and O–H groups in total. The molecule has 0 atom stereocenters. The molecule has 0 spiro atoms. The third kappa shape index (κ3) is 3.45. The van der Waals surface area contributed by atoms with Crippen molar-refractivity contribution in [2.75, 3.05) is 0 Å². The topological polar surface area (TPSA) is 43.6 Å². The molecular formula is C14H10BrClN4S. The Morgan fingerprint density at radius 2 is 1.86 bits per heavy atom. The number of nitrogens with zero attached hydrogens (tertiary/aromatic N) is 4. The average Bonchev–Trinajstić information content (AvgIpc) is 2.96. The van der Waals surface area contributed by atoms with Crippen molar-refractivity contribution < 1.29 is 0 Å². The molecule has 0 unspecified atom stereocenters. The molecule has 1 heterocycles. The van der Waals surface area contributed by atoms with Gasteiger partial charge in [-0.1, -0.05) is 57.5 Å². The van der Waals surface area contributed by atoms with E-state index in [2.05, 4.69) is 31.5 Å². The lowest BCUT2D eigenvalue weighted by Gasteiger charge is -2.05. The summed E-state index contributed by atoms with van der Waals surface area (Å²) in [6, 6.07) is 15.6. The van der Waals surface area contributed by atoms with Crippen LogP contribution in [0.4, 0.5) is 0 Å². The van der Waals surface area contributed by atoms with Gasteiger partial charge < -0.3 is 0 Å². The summed E-state index contributed by atoms with van der Waals surface area (Å²) in [5.74, 6) is 0.719. The van der Waals surface area contributed by atoms with Gasteiger partial charge in [-0.2, -0.15) is 4.68 Å². The van der Waals surface area contributed by atoms with Gasteiger partial charge in [-0.3, -0.25) is 0 Å². The maximum Gasteiger partial charge on any atom is 0.214 e. The first-order valence-corrected chi connectivity index (χ1v) is 8.30. The van der Waals surface area contributed by atoms with Gasteiger partial charge >= 0.3 is 0 Å². The minimum atomic E-state index is 0.719. The Morgan fingerprint density at radius 1 is 1.10 bits per heavy atom. The molecule has 0 aliphatic carbocycles. The van der Waals surface area contributed by atoms with E-state index in [0.29, 0.717) is 0 Å². The van der Waals surface area contributed by atoms with Crippen molar-refractivity contribution >= 4 is 39.3 Å². The van der Waals surface area contributed by atoms with E-state index in [1.807, 2.05) is 48.5 Å². The van der Waals surface area contributed by atoms with Gasteiger partial charge in [0, 0.05) is 15.2 Å². The number of rotatable bonds is 4. The van der Waals surface area contributed by atoms with E-state index in [9.17, 15) is 0 Å². The van der Waals surface area contributed by atoms with Crippen LogP contribution in [-0.2, 0) is 5.75 Å². The zero-order valence-electron chi connectivity index (χ0n) is 10.8. The van der Waals surface area contributed by atoms with Crippen LogP contribution in [0.3, 0.4) is 0 Å². The van der Waals surface area contributed by atoms with E-state index in [4.69, 9.17) is 11.6 Å². The minimum Gasteiger partial charge on any atom is -0.187 e. The van der Waals surface area contributed by atoms with Crippen LogP contribution in [0, 0.1) is 0 Å². The van der Waals surface area contributed by atoms with Gasteiger partial charge in [-0.25, -0.2) is 0 Å². The molecule has 2 aromatic carbocycles. The second kappa shape index (κ2) is 6.60. The summed E-state index contributed by atoms with van der Waals surface area (Å²) in [4.78, 5) is 0. The zero-order chi connectivity index (χ0) is 14.7. The van der Waals surface area contributed by atoms with Gasteiger partial charge in [0.1, 0.15) is 0 Å². The summed E-state index contributed by atoms with van der Waals surface area (Å²) in [7, 11) is 0. The quantitative estimate of drug-likeness (QED) is 0.629. The molecule has 0 fully saturated rings. The summed E-state index contributed by atoms with van der Waals surface area (Å²) in [5, 5.41) is 13.4. The molecule has 0 aliphatic heterocycles. The fourth-order valence-electron chi connectivity index (χ4n) is 1.77. The smallest absolute Gasteiger partial charge is 0.187 e. The SMILES string of the molecule is Clc1ccccc1CSc1nnnn1-c1ccc(Br)cc1. The molecule has 0 saturated carbocycles. The lowest BCUT2D eigenvalue weighted by atomic mass is 10.2. The highest BCUT2D eigenvalue weighted by Gasteiger charge is 2.10. The van der Waals surface area contributed by atoms with Crippen LogP contribution < -0.4 is 0 Å². The third-order valence-corrected chi connectivity index (χ3v) is 4.69. The molecular weight excluding hydrogens is 372 g/mol. The molecule has 0 bridgehead atoms. The van der Waals surface area contributed by atoms with Crippen LogP contribution in [0.2, 0.25) is 5.02 Å². The minimum absolute atomic E-state index is 0.719. The monoisotopic (exact) mass is 380 g/mol. The predicted octanol–water partition coefficient (Wildman–Crippen LogP) is 4.37. The van der Waals surface area contributed by atoms with Crippen LogP contribution in [0.1, 0.15) is 5.56 Å². The van der Waals surface area contributed by atoms with Gasteiger partial charge in [-0.15, -0.1) is 5.10 Å². The van der Waals surface area contributed by atoms with E-state index < -0.39 is 0 Å². The molecule has 1 aromatic heterocycles. The average molecular weight is 382 g/mol. The Bertz CT molecular complexity index is 745. The number of thioether (sulfide) groups is 1. The summed E-state index contributed by atoms with van der Waals surface area (Å²) in [6.45, 7) is 0. The molecule has 0 amide bonds. The molecule has 0 radical (unpaired) electrons. The lowest BCUT2D eigenvalue weighted by molar-refractivity contribution is 0.756. The number of tetrazole rings is 1. The van der Waals surface area contributed by atoms with E-state index in [0.717, 1.165) is 31.7 Å². The van der Waals surface area contributed by atoms with Crippen LogP contribution in [0.25, 0.3) is 5.69 Å². The number of hydrogen-bond donors (Lipinski definition) is 0. The maximum atomic E-state index is 6.16. The van der Waals surface area contributed by atoms with E-state index in [1.54, 1.807) is 16.4 Å². The first kappa shape index (κ1) is 14.6. The number of aromatic nitrogens is 4. The Hall–Kier alpha value is -1.37. The largest absolute Gasteiger partial charge is 0.214 e. The van der Waals surface area contributed by atoms with E-state index in [-0.39, 0.29) is 0 Å². The number of benzene rings is 2. The first-order valence-electron chi connectivity index (χ1n) is 6.14. The van der Waals surface area contributed by atoms with Crippen molar-refractivity contribution in [1.82, 2.24) is 20.2 Å². The van der Waals surface area contributed by atoms with Crippen LogP contribution >= 0.6 is 39.3 Å². The highest BCUT2D eigenvalue weighted by molar-refractivity contribution is 9.10. The third-order valence-electron chi connectivity index (χ3n) is 2.83. The van der Waals surface area contributed by atoms with Gasteiger partial charge in [0.05, 0.1) is 5.69 Å². The molecule has 21 heavy (non-hydrogen) atoms. The van der Waals surface area contributed by atoms with Crippen molar-refractivity contribution in [2.24, 2.45) is 0 Å². The second-order valence-corrected chi connectivity index (χ2v) is 6.50. The van der Waals surface area contributed by atoms with Gasteiger partial charge in [0.25, 0.3) is 0 Å². The van der Waals surface area contributed by atoms with Crippen LogP contribution in [0.5, 0.6) is 0 Å². The van der Waals surface area contributed by atoms with Gasteiger partial charge in [0.15, 0.2) is 0 Å². The van der Waals surface area contributed by atoms with Gasteiger partial charge in [-0.05, 0) is 46.3 Å². The molecule has 3 rings (SSSR count). The number of hydrogen-bond acceptors (Lipinski definition) is 4. The fourth-order valence-corrected chi connectivity index (χ4v) is 3.21. The molecule has 7 heteroatoms. The van der Waals surface area contributed by atoms with Crippen molar-refractivity contribution in [2.45, 2.75) is 10.9 Å². The Labute approximate surface area is 139 Å². The Balaban J connectivity index is 1.80. The Morgan fingerprint density at radius 3 is 2.62 bits per heavy atom. The van der Waals surface area contributed by atoms with Crippen LogP contribution in [0.15, 0.2) is 58.2 Å². The Kier molecular flexibility index (Phi) is 4.57. The first-order chi connectivity index (χ1) is 10.2. The van der Waals surface area contributed by atoms with Crippen molar-refractivity contribution in [3.8, 4) is 5.69 Å². The fraction of sp³-hybridized carbons (Fsp3) is 0.0714. The molecule has 0 saturated heterocycles. The van der Waals surface area contributed by atoms with Gasteiger partial charge in [0.2, 0.25) is 5.16 Å². The summed E-state index contributed by atoms with van der Waals surface area (Å²) in [5.41, 5.74) is 1.99. The van der Waals surface area contributed by atoms with Crippen molar-refractivity contribution in [3.63, 3.8) is 0 Å². The van der Waals surface area contributed by atoms with E-state index in [1.165, 1.54) is 0 Å². The maximum absolute atomic E-state index is 6.16. The normalized spacial score (nSPS) is 10.8. The zero-order valence-corrected chi connectivity index (χ0v) is 13.9. The summed E-state index contributed by atoms with van der Waals surface area (Å²) < 4.78 is 2.73. The lowest BCUT2D eigenvalue weighted by Crippen LogP contribution is -1.98. The van der Waals surface area contributed by atoms with Crippen LogP contribution in [-0.4, -0.2) is 20.2 Å². The predicted molar refractivity (Wildman–Crippen MR) is 87.9 cm³/mol. The summed E-state index contributed by atoms with van der Waals surface area (Å²) >= 11 is 11.1. The molecule has 0 aliphatic rings. The summed E-state index contributed by atoms with van der Waals surface area (Å²) in [6.07, 6.45) is 0. The highest BCUT2D eigenvalue weighted by atomic mass is 79.9. The highest BCUT2D eigenvalue weighted by Crippen LogP contribution is 2.26. The molecule has 106 valence electrons. The molecule has 4 nitrogen and oxygen atoms in total. The number of halogens is 2. The second-order valence-electron chi connectivity index (χ2n) is 4.23. The molecule has 3 aromatic rings. The van der Waals surface area contributed by atoms with Crippen molar-refractivity contribution in [3.05, 3.63) is 63.6 Å².